The zero-order valence-corrected chi connectivity index (χ0v) is 11.3. The van der Waals surface area contributed by atoms with Crippen molar-refractivity contribution in [2.24, 2.45) is 0 Å². The average Bonchev–Trinajstić information content (AvgIpc) is 3.11. The lowest BCUT2D eigenvalue weighted by Gasteiger charge is -2.27. The fraction of sp³-hybridized carbons (Fsp3) is 0.917. The van der Waals surface area contributed by atoms with Crippen LogP contribution in [0.25, 0.3) is 0 Å². The molecule has 4 nitrogen and oxygen atoms in total. The molecule has 1 aliphatic heterocycles. The topological polar surface area (TPSA) is 41.6 Å². The minimum Gasteiger partial charge on any atom is -0.375 e. The van der Waals surface area contributed by atoms with Crippen molar-refractivity contribution in [2.75, 3.05) is 26.2 Å². The molecule has 0 aromatic carbocycles. The fourth-order valence-electron chi connectivity index (χ4n) is 2.20. The summed E-state index contributed by atoms with van der Waals surface area (Å²) in [6.45, 7) is 5.49. The Balaban J connectivity index is 0.00000144. The Hall–Kier alpha value is -0.320. The molecule has 1 amide bonds. The molecule has 5 heteroatoms. The van der Waals surface area contributed by atoms with Crippen LogP contribution in [0.3, 0.4) is 0 Å². The molecule has 1 heterocycles. The quantitative estimate of drug-likeness (QED) is 0.809. The Bertz CT molecular complexity index is 241. The molecule has 2 fully saturated rings. The normalized spacial score (nSPS) is 23.9. The third-order valence-corrected chi connectivity index (χ3v) is 3.18. The number of nitrogens with one attached hydrogen (secondary N) is 1. The maximum atomic E-state index is 12.1. The summed E-state index contributed by atoms with van der Waals surface area (Å²) >= 11 is 0. The van der Waals surface area contributed by atoms with E-state index in [9.17, 15) is 4.79 Å². The van der Waals surface area contributed by atoms with Crippen LogP contribution in [0.2, 0.25) is 0 Å². The molecule has 1 atom stereocenters. The predicted octanol–water partition coefficient (Wildman–Crippen LogP) is 1.19. The molecular weight excluding hydrogens is 240 g/mol. The summed E-state index contributed by atoms with van der Waals surface area (Å²) in [6, 6.07) is 0.531. The van der Waals surface area contributed by atoms with Crippen LogP contribution in [0.15, 0.2) is 0 Å². The van der Waals surface area contributed by atoms with E-state index in [1.807, 2.05) is 0 Å². The molecule has 17 heavy (non-hydrogen) atoms. The third kappa shape index (κ3) is 4.45. The molecule has 1 saturated heterocycles. The van der Waals surface area contributed by atoms with Gasteiger partial charge in [-0.15, -0.1) is 12.4 Å². The monoisotopic (exact) mass is 262 g/mol. The first-order valence-electron chi connectivity index (χ1n) is 6.43. The lowest BCUT2D eigenvalue weighted by molar-refractivity contribution is -0.135. The second kappa shape index (κ2) is 7.19. The molecule has 100 valence electrons. The number of halogens is 1. The molecule has 0 aromatic heterocycles. The van der Waals surface area contributed by atoms with Crippen LogP contribution in [-0.2, 0) is 9.53 Å². The molecule has 2 aliphatic rings. The SMILES string of the molecule is CCCN(C(=O)CC1CNCCO1)C1CC1.Cl. The molecule has 1 aliphatic carbocycles. The third-order valence-electron chi connectivity index (χ3n) is 3.18. The zero-order valence-electron chi connectivity index (χ0n) is 10.5. The van der Waals surface area contributed by atoms with Gasteiger partial charge >= 0.3 is 0 Å². The van der Waals surface area contributed by atoms with Gasteiger partial charge < -0.3 is 15.0 Å². The number of ether oxygens (including phenoxy) is 1. The van der Waals surface area contributed by atoms with E-state index in [-0.39, 0.29) is 24.4 Å². The van der Waals surface area contributed by atoms with Crippen molar-refractivity contribution in [2.45, 2.75) is 44.8 Å². The molecule has 0 radical (unpaired) electrons. The fourth-order valence-corrected chi connectivity index (χ4v) is 2.20. The van der Waals surface area contributed by atoms with Crippen molar-refractivity contribution in [1.82, 2.24) is 10.2 Å². The van der Waals surface area contributed by atoms with Crippen molar-refractivity contribution in [1.29, 1.82) is 0 Å². The van der Waals surface area contributed by atoms with Gasteiger partial charge in [0.05, 0.1) is 19.1 Å². The summed E-state index contributed by atoms with van der Waals surface area (Å²) in [6.07, 6.45) is 4.06. The van der Waals surface area contributed by atoms with Crippen molar-refractivity contribution in [3.05, 3.63) is 0 Å². The van der Waals surface area contributed by atoms with Gasteiger partial charge in [0.25, 0.3) is 0 Å². The van der Waals surface area contributed by atoms with E-state index in [4.69, 9.17) is 4.74 Å². The van der Waals surface area contributed by atoms with Crippen LogP contribution < -0.4 is 5.32 Å². The van der Waals surface area contributed by atoms with Crippen LogP contribution in [0.1, 0.15) is 32.6 Å². The maximum Gasteiger partial charge on any atom is 0.225 e. The summed E-state index contributed by atoms with van der Waals surface area (Å²) in [5.41, 5.74) is 0. The number of carbonyl (C=O) groups is 1. The Labute approximate surface area is 109 Å². The second-order valence-electron chi connectivity index (χ2n) is 4.72. The van der Waals surface area contributed by atoms with E-state index in [2.05, 4.69) is 17.1 Å². The van der Waals surface area contributed by atoms with Crippen LogP contribution in [0.5, 0.6) is 0 Å². The van der Waals surface area contributed by atoms with Crippen molar-refractivity contribution < 1.29 is 9.53 Å². The molecule has 0 aromatic rings. The van der Waals surface area contributed by atoms with E-state index in [0.29, 0.717) is 12.5 Å². The Morgan fingerprint density at radius 1 is 1.47 bits per heavy atom. The molecule has 1 unspecified atom stereocenters. The standard InChI is InChI=1S/C12H22N2O2.ClH/c1-2-6-14(10-3-4-10)12(15)8-11-9-13-5-7-16-11;/h10-11,13H,2-9H2,1H3;1H. The van der Waals surface area contributed by atoms with E-state index in [1.165, 1.54) is 12.8 Å². The number of hydrogen-bond donors (Lipinski definition) is 1. The minimum atomic E-state index is 0. The van der Waals surface area contributed by atoms with Gasteiger partial charge in [0, 0.05) is 25.7 Å². The number of hydrogen-bond acceptors (Lipinski definition) is 3. The number of rotatable bonds is 5. The largest absolute Gasteiger partial charge is 0.375 e. The Morgan fingerprint density at radius 3 is 2.76 bits per heavy atom. The first kappa shape index (κ1) is 14.7. The molecule has 0 spiro atoms. The van der Waals surface area contributed by atoms with Crippen molar-refractivity contribution in [3.8, 4) is 0 Å². The van der Waals surface area contributed by atoms with Gasteiger partial charge in [0.1, 0.15) is 0 Å². The summed E-state index contributed by atoms with van der Waals surface area (Å²) in [7, 11) is 0. The number of nitrogens with zero attached hydrogens (tertiary/aromatic N) is 1. The van der Waals surface area contributed by atoms with E-state index in [1.54, 1.807) is 0 Å². The van der Waals surface area contributed by atoms with Gasteiger partial charge in [0.2, 0.25) is 5.91 Å². The van der Waals surface area contributed by atoms with Gasteiger partial charge in [-0.3, -0.25) is 4.79 Å². The van der Waals surface area contributed by atoms with E-state index in [0.717, 1.165) is 32.7 Å². The first-order valence-corrected chi connectivity index (χ1v) is 6.43. The molecule has 1 saturated carbocycles. The number of morpholine rings is 1. The summed E-state index contributed by atoms with van der Waals surface area (Å²) < 4.78 is 5.57. The van der Waals surface area contributed by atoms with E-state index < -0.39 is 0 Å². The Morgan fingerprint density at radius 2 is 2.24 bits per heavy atom. The predicted molar refractivity (Wildman–Crippen MR) is 69.5 cm³/mol. The van der Waals surface area contributed by atoms with Gasteiger partial charge in [0.15, 0.2) is 0 Å². The zero-order chi connectivity index (χ0) is 11.4. The lowest BCUT2D eigenvalue weighted by Crippen LogP contribution is -2.43. The maximum absolute atomic E-state index is 12.1. The highest BCUT2D eigenvalue weighted by Gasteiger charge is 2.32. The molecule has 0 bridgehead atoms. The minimum absolute atomic E-state index is 0. The van der Waals surface area contributed by atoms with Crippen LogP contribution >= 0.6 is 12.4 Å². The first-order chi connectivity index (χ1) is 7.81. The smallest absolute Gasteiger partial charge is 0.225 e. The van der Waals surface area contributed by atoms with Gasteiger partial charge in [-0.1, -0.05) is 6.92 Å². The highest BCUT2D eigenvalue weighted by atomic mass is 35.5. The lowest BCUT2D eigenvalue weighted by atomic mass is 10.2. The van der Waals surface area contributed by atoms with Crippen molar-refractivity contribution >= 4 is 18.3 Å². The van der Waals surface area contributed by atoms with Crippen LogP contribution in [0.4, 0.5) is 0 Å². The second-order valence-corrected chi connectivity index (χ2v) is 4.72. The van der Waals surface area contributed by atoms with Crippen LogP contribution in [-0.4, -0.2) is 49.2 Å². The molecule has 2 rings (SSSR count). The van der Waals surface area contributed by atoms with E-state index >= 15 is 0 Å². The molecule has 1 N–H and O–H groups in total. The number of amides is 1. The van der Waals surface area contributed by atoms with Crippen LogP contribution in [0, 0.1) is 0 Å². The van der Waals surface area contributed by atoms with Crippen molar-refractivity contribution in [3.63, 3.8) is 0 Å². The summed E-state index contributed by atoms with van der Waals surface area (Å²) in [5.74, 6) is 0.276. The molecular formula is C12H23ClN2O2. The summed E-state index contributed by atoms with van der Waals surface area (Å²) in [5, 5.41) is 3.26. The van der Waals surface area contributed by atoms with Gasteiger partial charge in [-0.25, -0.2) is 0 Å². The number of carbonyl (C=O) groups excluding carboxylic acids is 1. The highest BCUT2D eigenvalue weighted by molar-refractivity contribution is 5.85. The van der Waals surface area contributed by atoms with Gasteiger partial charge in [-0.2, -0.15) is 0 Å². The summed E-state index contributed by atoms with van der Waals surface area (Å²) in [4.78, 5) is 14.2. The Kier molecular flexibility index (Phi) is 6.23. The van der Waals surface area contributed by atoms with Gasteiger partial charge in [-0.05, 0) is 19.3 Å². The highest BCUT2D eigenvalue weighted by Crippen LogP contribution is 2.27. The average molecular weight is 263 g/mol.